The summed E-state index contributed by atoms with van der Waals surface area (Å²) in [7, 11) is 0. The second kappa shape index (κ2) is 6.77. The summed E-state index contributed by atoms with van der Waals surface area (Å²) in [5.74, 6) is 0. The van der Waals surface area contributed by atoms with Gasteiger partial charge in [0.05, 0.1) is 22.4 Å². The summed E-state index contributed by atoms with van der Waals surface area (Å²) in [6.07, 6.45) is 2.39. The Morgan fingerprint density at radius 2 is 0.933 bits per heavy atom. The predicted molar refractivity (Wildman–Crippen MR) is 126 cm³/mol. The summed E-state index contributed by atoms with van der Waals surface area (Å²) >= 11 is 0. The fourth-order valence-electron chi connectivity index (χ4n) is 4.71. The van der Waals surface area contributed by atoms with Gasteiger partial charge in [-0.05, 0) is 46.9 Å². The van der Waals surface area contributed by atoms with Crippen LogP contribution in [0.15, 0.2) is 72.8 Å². The quantitative estimate of drug-likeness (QED) is 0.357. The van der Waals surface area contributed by atoms with E-state index in [9.17, 15) is 0 Å². The van der Waals surface area contributed by atoms with Gasteiger partial charge >= 0.3 is 0 Å². The molecule has 2 heteroatoms. The predicted octanol–water partition coefficient (Wildman–Crippen LogP) is 7.31. The monoisotopic (exact) mass is 392 g/mol. The molecule has 4 aromatic rings. The second-order valence-electron chi connectivity index (χ2n) is 9.81. The van der Waals surface area contributed by atoms with Gasteiger partial charge in [0.1, 0.15) is 0 Å². The Balaban J connectivity index is 1.83. The number of rotatable bonds is 2. The minimum absolute atomic E-state index is 0.158. The summed E-state index contributed by atoms with van der Waals surface area (Å²) in [6.45, 7) is 9.43. The van der Waals surface area contributed by atoms with Crippen LogP contribution in [0.5, 0.6) is 0 Å². The van der Waals surface area contributed by atoms with Crippen LogP contribution in [0.2, 0.25) is 0 Å². The molecule has 0 unspecified atom stereocenters. The molecule has 0 saturated heterocycles. The average molecular weight is 393 g/mol. The summed E-state index contributed by atoms with van der Waals surface area (Å²) in [4.78, 5) is 10.4. The van der Waals surface area contributed by atoms with Crippen LogP contribution in [0.25, 0.3) is 33.5 Å². The normalized spacial score (nSPS) is 16.9. The van der Waals surface area contributed by atoms with Gasteiger partial charge < -0.3 is 0 Å². The third-order valence-corrected chi connectivity index (χ3v) is 6.73. The molecule has 2 nitrogen and oxygen atoms in total. The zero-order chi connectivity index (χ0) is 20.9. The molecule has 0 atom stereocenters. The van der Waals surface area contributed by atoms with Crippen molar-refractivity contribution in [3.63, 3.8) is 0 Å². The maximum absolute atomic E-state index is 5.18. The van der Waals surface area contributed by atoms with Gasteiger partial charge in [0.15, 0.2) is 0 Å². The molecule has 1 aromatic heterocycles. The van der Waals surface area contributed by atoms with Crippen LogP contribution in [0.4, 0.5) is 0 Å². The molecule has 0 radical (unpaired) electrons. The molecule has 0 bridgehead atoms. The lowest BCUT2D eigenvalue weighted by Gasteiger charge is -2.41. The van der Waals surface area contributed by atoms with E-state index in [1.165, 1.54) is 24.0 Å². The molecule has 5 rings (SSSR count). The van der Waals surface area contributed by atoms with Crippen LogP contribution in [0.3, 0.4) is 0 Å². The molecule has 150 valence electrons. The number of hydrogen-bond donors (Lipinski definition) is 0. The van der Waals surface area contributed by atoms with E-state index in [0.717, 1.165) is 33.5 Å². The molecule has 0 fully saturated rings. The van der Waals surface area contributed by atoms with E-state index in [-0.39, 0.29) is 10.8 Å². The standard InChI is InChI=1S/C28H28N2/c1-27(2)15-16-28(3,4)22-18-24-23(17-21(22)27)29-25(19-11-7-5-8-12-19)26(30-24)20-13-9-6-10-14-20/h5-14,17-18H,15-16H2,1-4H3. The van der Waals surface area contributed by atoms with Crippen LogP contribution in [0.1, 0.15) is 51.7 Å². The summed E-state index contributed by atoms with van der Waals surface area (Å²) in [5.41, 5.74) is 9.22. The Morgan fingerprint density at radius 3 is 1.30 bits per heavy atom. The topological polar surface area (TPSA) is 25.8 Å². The highest BCUT2D eigenvalue weighted by molar-refractivity contribution is 5.87. The Kier molecular flexibility index (Phi) is 4.28. The van der Waals surface area contributed by atoms with Crippen LogP contribution >= 0.6 is 0 Å². The first-order chi connectivity index (χ1) is 14.4. The van der Waals surface area contributed by atoms with E-state index >= 15 is 0 Å². The van der Waals surface area contributed by atoms with Crippen LogP contribution in [-0.2, 0) is 10.8 Å². The van der Waals surface area contributed by atoms with Crippen LogP contribution in [-0.4, -0.2) is 9.97 Å². The van der Waals surface area contributed by atoms with Gasteiger partial charge in [-0.15, -0.1) is 0 Å². The van der Waals surface area contributed by atoms with Gasteiger partial charge in [0.25, 0.3) is 0 Å². The van der Waals surface area contributed by atoms with Crippen molar-refractivity contribution >= 4 is 11.0 Å². The SMILES string of the molecule is CC1(C)CCC(C)(C)c2cc3nc(-c4ccccc4)c(-c4ccccc4)nc3cc21. The first kappa shape index (κ1) is 19.0. The van der Waals surface area contributed by atoms with Gasteiger partial charge in [-0.1, -0.05) is 88.4 Å². The van der Waals surface area contributed by atoms with Crippen LogP contribution < -0.4 is 0 Å². The Morgan fingerprint density at radius 1 is 0.567 bits per heavy atom. The number of fused-ring (bicyclic) bond motifs is 2. The molecular weight excluding hydrogens is 364 g/mol. The number of aromatic nitrogens is 2. The van der Waals surface area contributed by atoms with Crippen molar-refractivity contribution in [1.82, 2.24) is 9.97 Å². The van der Waals surface area contributed by atoms with Gasteiger partial charge in [-0.25, -0.2) is 9.97 Å². The Hall–Kier alpha value is -3.00. The zero-order valence-electron chi connectivity index (χ0n) is 18.2. The molecule has 0 saturated carbocycles. The number of benzene rings is 3. The van der Waals surface area contributed by atoms with E-state index < -0.39 is 0 Å². The first-order valence-corrected chi connectivity index (χ1v) is 10.8. The van der Waals surface area contributed by atoms with E-state index in [1.807, 2.05) is 12.1 Å². The Labute approximate surface area is 179 Å². The average Bonchev–Trinajstić information content (AvgIpc) is 2.76. The van der Waals surface area contributed by atoms with E-state index in [0.29, 0.717) is 0 Å². The minimum Gasteiger partial charge on any atom is -0.244 e. The molecule has 1 heterocycles. The third-order valence-electron chi connectivity index (χ3n) is 6.73. The zero-order valence-corrected chi connectivity index (χ0v) is 18.2. The lowest BCUT2D eigenvalue weighted by molar-refractivity contribution is 0.332. The largest absolute Gasteiger partial charge is 0.244 e. The number of nitrogens with zero attached hydrogens (tertiary/aromatic N) is 2. The van der Waals surface area contributed by atoms with Crippen molar-refractivity contribution in [3.05, 3.63) is 83.9 Å². The molecule has 0 aliphatic heterocycles. The molecule has 0 amide bonds. The third kappa shape index (κ3) is 3.11. The molecule has 0 N–H and O–H groups in total. The number of hydrogen-bond acceptors (Lipinski definition) is 2. The van der Waals surface area contributed by atoms with Crippen LogP contribution in [0, 0.1) is 0 Å². The fourth-order valence-corrected chi connectivity index (χ4v) is 4.71. The van der Waals surface area contributed by atoms with Crippen molar-refractivity contribution in [2.75, 3.05) is 0 Å². The fraction of sp³-hybridized carbons (Fsp3) is 0.286. The Bertz CT molecular complexity index is 1120. The lowest BCUT2D eigenvalue weighted by Crippen LogP contribution is -2.33. The van der Waals surface area contributed by atoms with Crippen molar-refractivity contribution in [3.8, 4) is 22.5 Å². The highest BCUT2D eigenvalue weighted by atomic mass is 14.8. The molecule has 30 heavy (non-hydrogen) atoms. The van der Waals surface area contributed by atoms with E-state index in [1.54, 1.807) is 0 Å². The van der Waals surface area contributed by atoms with E-state index in [2.05, 4.69) is 88.4 Å². The molecule has 1 aliphatic rings. The lowest BCUT2D eigenvalue weighted by atomic mass is 9.63. The summed E-state index contributed by atoms with van der Waals surface area (Å²) in [6, 6.07) is 25.4. The highest BCUT2D eigenvalue weighted by Gasteiger charge is 2.37. The van der Waals surface area contributed by atoms with Crippen molar-refractivity contribution < 1.29 is 0 Å². The van der Waals surface area contributed by atoms with E-state index in [4.69, 9.17) is 9.97 Å². The molecule has 1 aliphatic carbocycles. The van der Waals surface area contributed by atoms with Crippen molar-refractivity contribution in [2.45, 2.75) is 51.4 Å². The maximum atomic E-state index is 5.18. The molecular formula is C28H28N2. The maximum Gasteiger partial charge on any atom is 0.0973 e. The minimum atomic E-state index is 0.158. The summed E-state index contributed by atoms with van der Waals surface area (Å²) in [5, 5.41) is 0. The molecule has 3 aromatic carbocycles. The van der Waals surface area contributed by atoms with Crippen molar-refractivity contribution in [2.24, 2.45) is 0 Å². The second-order valence-corrected chi connectivity index (χ2v) is 9.81. The van der Waals surface area contributed by atoms with Gasteiger partial charge in [-0.2, -0.15) is 0 Å². The highest BCUT2D eigenvalue weighted by Crippen LogP contribution is 2.47. The van der Waals surface area contributed by atoms with Gasteiger partial charge in [0.2, 0.25) is 0 Å². The smallest absolute Gasteiger partial charge is 0.0973 e. The molecule has 0 spiro atoms. The van der Waals surface area contributed by atoms with Gasteiger partial charge in [0, 0.05) is 11.1 Å². The summed E-state index contributed by atoms with van der Waals surface area (Å²) < 4.78 is 0. The first-order valence-electron chi connectivity index (χ1n) is 10.8. The van der Waals surface area contributed by atoms with Crippen molar-refractivity contribution in [1.29, 1.82) is 0 Å². The van der Waals surface area contributed by atoms with Gasteiger partial charge in [-0.3, -0.25) is 0 Å².